The number of nitrogens with one attached hydrogen (secondary N) is 1. The number of aliphatic hydroxyl groups is 1. The van der Waals surface area contributed by atoms with Crippen molar-refractivity contribution < 1.29 is 5.11 Å². The van der Waals surface area contributed by atoms with E-state index in [1.165, 1.54) is 18.4 Å². The van der Waals surface area contributed by atoms with Crippen molar-refractivity contribution in [2.75, 3.05) is 19.6 Å². The first-order valence-electron chi connectivity index (χ1n) is 7.49. The van der Waals surface area contributed by atoms with Gasteiger partial charge in [0.15, 0.2) is 0 Å². The van der Waals surface area contributed by atoms with E-state index in [1.807, 2.05) is 0 Å². The largest absolute Gasteiger partial charge is 0.393 e. The van der Waals surface area contributed by atoms with Gasteiger partial charge < -0.3 is 10.4 Å². The molecule has 1 aliphatic heterocycles. The first kappa shape index (κ1) is 13.1. The third-order valence-electron chi connectivity index (χ3n) is 4.28. The van der Waals surface area contributed by atoms with Crippen LogP contribution in [0.4, 0.5) is 0 Å². The Morgan fingerprint density at radius 3 is 2.79 bits per heavy atom. The molecule has 3 heteroatoms. The highest BCUT2D eigenvalue weighted by Gasteiger charge is 2.32. The van der Waals surface area contributed by atoms with E-state index >= 15 is 0 Å². The van der Waals surface area contributed by atoms with Crippen LogP contribution < -0.4 is 5.32 Å². The summed E-state index contributed by atoms with van der Waals surface area (Å²) >= 11 is 0. The van der Waals surface area contributed by atoms with Crippen molar-refractivity contribution in [3.05, 3.63) is 35.9 Å². The molecular weight excluding hydrogens is 236 g/mol. The molecule has 3 rings (SSSR count). The highest BCUT2D eigenvalue weighted by atomic mass is 16.3. The molecule has 0 spiro atoms. The van der Waals surface area contributed by atoms with Crippen LogP contribution in [0.5, 0.6) is 0 Å². The van der Waals surface area contributed by atoms with Crippen LogP contribution in [0.3, 0.4) is 0 Å². The standard InChI is InChI=1S/C16H24N2O/c19-16(14-6-7-14)10-15-12-18(9-8-17-15)11-13-4-2-1-3-5-13/h1-5,14-17,19H,6-12H2. The second-order valence-electron chi connectivity index (χ2n) is 6.01. The summed E-state index contributed by atoms with van der Waals surface area (Å²) < 4.78 is 0. The smallest absolute Gasteiger partial charge is 0.0583 e. The predicted octanol–water partition coefficient (Wildman–Crippen LogP) is 1.62. The zero-order valence-corrected chi connectivity index (χ0v) is 11.5. The van der Waals surface area contributed by atoms with E-state index in [9.17, 15) is 5.11 Å². The molecule has 2 atom stereocenters. The van der Waals surface area contributed by atoms with Crippen molar-refractivity contribution in [3.8, 4) is 0 Å². The van der Waals surface area contributed by atoms with Crippen molar-refractivity contribution in [2.24, 2.45) is 5.92 Å². The van der Waals surface area contributed by atoms with E-state index < -0.39 is 0 Å². The van der Waals surface area contributed by atoms with Gasteiger partial charge in [0.25, 0.3) is 0 Å². The summed E-state index contributed by atoms with van der Waals surface area (Å²) in [6.45, 7) is 4.22. The van der Waals surface area contributed by atoms with E-state index in [1.54, 1.807) is 0 Å². The first-order valence-corrected chi connectivity index (χ1v) is 7.49. The second kappa shape index (κ2) is 6.04. The lowest BCUT2D eigenvalue weighted by molar-refractivity contribution is 0.102. The molecule has 1 aromatic carbocycles. The molecule has 3 nitrogen and oxygen atoms in total. The molecular formula is C16H24N2O. The number of rotatable bonds is 5. The maximum atomic E-state index is 10.1. The molecule has 19 heavy (non-hydrogen) atoms. The average molecular weight is 260 g/mol. The lowest BCUT2D eigenvalue weighted by atomic mass is 10.0. The molecule has 2 unspecified atom stereocenters. The van der Waals surface area contributed by atoms with Crippen LogP contribution >= 0.6 is 0 Å². The van der Waals surface area contributed by atoms with Crippen LogP contribution in [0.15, 0.2) is 30.3 Å². The highest BCUT2D eigenvalue weighted by Crippen LogP contribution is 2.34. The fourth-order valence-corrected chi connectivity index (χ4v) is 3.00. The van der Waals surface area contributed by atoms with Gasteiger partial charge in [-0.15, -0.1) is 0 Å². The molecule has 2 N–H and O–H groups in total. The lowest BCUT2D eigenvalue weighted by Gasteiger charge is -2.34. The van der Waals surface area contributed by atoms with Crippen LogP contribution in [0, 0.1) is 5.92 Å². The van der Waals surface area contributed by atoms with E-state index in [2.05, 4.69) is 40.5 Å². The third kappa shape index (κ3) is 3.78. The Morgan fingerprint density at radius 1 is 1.26 bits per heavy atom. The predicted molar refractivity (Wildman–Crippen MR) is 76.9 cm³/mol. The Labute approximate surface area is 115 Å². The number of hydrogen-bond donors (Lipinski definition) is 2. The minimum atomic E-state index is -0.0887. The quantitative estimate of drug-likeness (QED) is 0.844. The van der Waals surface area contributed by atoms with Crippen molar-refractivity contribution >= 4 is 0 Å². The Hall–Kier alpha value is -0.900. The van der Waals surface area contributed by atoms with Gasteiger partial charge in [-0.25, -0.2) is 0 Å². The Balaban J connectivity index is 1.50. The monoisotopic (exact) mass is 260 g/mol. The van der Waals surface area contributed by atoms with Gasteiger partial charge >= 0.3 is 0 Å². The van der Waals surface area contributed by atoms with Crippen LogP contribution in [0.1, 0.15) is 24.8 Å². The lowest BCUT2D eigenvalue weighted by Crippen LogP contribution is -2.51. The maximum Gasteiger partial charge on any atom is 0.0583 e. The number of hydrogen-bond acceptors (Lipinski definition) is 3. The third-order valence-corrected chi connectivity index (χ3v) is 4.28. The fourth-order valence-electron chi connectivity index (χ4n) is 3.00. The van der Waals surface area contributed by atoms with Crippen LogP contribution in [0.25, 0.3) is 0 Å². The van der Waals surface area contributed by atoms with Gasteiger partial charge in [-0.1, -0.05) is 30.3 Å². The van der Waals surface area contributed by atoms with Crippen LogP contribution in [-0.2, 0) is 6.54 Å². The van der Waals surface area contributed by atoms with Crippen molar-refractivity contribution in [1.82, 2.24) is 10.2 Å². The normalized spacial score (nSPS) is 26.3. The van der Waals surface area contributed by atoms with Gasteiger partial charge in [-0.3, -0.25) is 4.90 Å². The van der Waals surface area contributed by atoms with Crippen molar-refractivity contribution in [2.45, 2.75) is 38.0 Å². The average Bonchev–Trinajstić information content (AvgIpc) is 3.24. The van der Waals surface area contributed by atoms with Crippen LogP contribution in [0.2, 0.25) is 0 Å². The number of benzene rings is 1. The molecule has 0 bridgehead atoms. The molecule has 0 aromatic heterocycles. The Morgan fingerprint density at radius 2 is 2.05 bits per heavy atom. The molecule has 1 saturated carbocycles. The molecule has 0 amide bonds. The van der Waals surface area contributed by atoms with Crippen molar-refractivity contribution in [1.29, 1.82) is 0 Å². The van der Waals surface area contributed by atoms with Crippen molar-refractivity contribution in [3.63, 3.8) is 0 Å². The number of aliphatic hydroxyl groups excluding tert-OH is 1. The molecule has 1 heterocycles. The van der Waals surface area contributed by atoms with E-state index in [-0.39, 0.29) is 6.10 Å². The number of piperazine rings is 1. The Bertz CT molecular complexity index is 391. The zero-order valence-electron chi connectivity index (χ0n) is 11.5. The summed E-state index contributed by atoms with van der Waals surface area (Å²) in [5, 5.41) is 13.6. The summed E-state index contributed by atoms with van der Waals surface area (Å²) in [5.41, 5.74) is 1.38. The van der Waals surface area contributed by atoms with E-state index in [4.69, 9.17) is 0 Å². The second-order valence-corrected chi connectivity index (χ2v) is 6.01. The number of nitrogens with zero attached hydrogens (tertiary/aromatic N) is 1. The minimum absolute atomic E-state index is 0.0887. The summed E-state index contributed by atoms with van der Waals surface area (Å²) in [6.07, 6.45) is 3.27. The minimum Gasteiger partial charge on any atom is -0.393 e. The summed E-state index contributed by atoms with van der Waals surface area (Å²) in [4.78, 5) is 2.50. The Kier molecular flexibility index (Phi) is 4.16. The molecule has 104 valence electrons. The van der Waals surface area contributed by atoms with Gasteiger partial charge in [-0.2, -0.15) is 0 Å². The molecule has 1 saturated heterocycles. The molecule has 2 fully saturated rings. The summed E-state index contributed by atoms with van der Waals surface area (Å²) in [6, 6.07) is 11.1. The molecule has 2 aliphatic rings. The topological polar surface area (TPSA) is 35.5 Å². The van der Waals surface area contributed by atoms with E-state index in [0.29, 0.717) is 12.0 Å². The summed E-state index contributed by atoms with van der Waals surface area (Å²) in [7, 11) is 0. The van der Waals surface area contributed by atoms with E-state index in [0.717, 1.165) is 32.6 Å². The highest BCUT2D eigenvalue weighted by molar-refractivity contribution is 5.14. The van der Waals surface area contributed by atoms with Gasteiger partial charge in [0.1, 0.15) is 0 Å². The van der Waals surface area contributed by atoms with Crippen LogP contribution in [-0.4, -0.2) is 41.8 Å². The molecule has 1 aliphatic carbocycles. The van der Waals surface area contributed by atoms with Gasteiger partial charge in [0.05, 0.1) is 6.10 Å². The fraction of sp³-hybridized carbons (Fsp3) is 0.625. The first-order chi connectivity index (χ1) is 9.31. The molecule has 0 radical (unpaired) electrons. The SMILES string of the molecule is OC(CC1CN(Cc2ccccc2)CCN1)C1CC1. The summed E-state index contributed by atoms with van der Waals surface area (Å²) in [5.74, 6) is 0.589. The zero-order chi connectivity index (χ0) is 13.1. The maximum absolute atomic E-state index is 10.1. The van der Waals surface area contributed by atoms with Gasteiger partial charge in [0.2, 0.25) is 0 Å². The van der Waals surface area contributed by atoms with Gasteiger partial charge in [-0.05, 0) is 30.7 Å². The van der Waals surface area contributed by atoms with Gasteiger partial charge in [0, 0.05) is 32.2 Å². The molecule has 1 aromatic rings.